The summed E-state index contributed by atoms with van der Waals surface area (Å²) in [5, 5.41) is 4.54. The summed E-state index contributed by atoms with van der Waals surface area (Å²) in [4.78, 5) is 30.4. The van der Waals surface area contributed by atoms with Crippen molar-refractivity contribution in [2.24, 2.45) is 0 Å². The number of benzene rings is 3. The van der Waals surface area contributed by atoms with Crippen molar-refractivity contribution in [3.05, 3.63) is 99.3 Å². The second kappa shape index (κ2) is 10.0. The van der Waals surface area contributed by atoms with Gasteiger partial charge in [-0.3, -0.25) is 14.2 Å². The van der Waals surface area contributed by atoms with Crippen LogP contribution >= 0.6 is 23.4 Å². The van der Waals surface area contributed by atoms with Gasteiger partial charge in [-0.15, -0.1) is 0 Å². The van der Waals surface area contributed by atoms with Gasteiger partial charge in [0, 0.05) is 11.6 Å². The van der Waals surface area contributed by atoms with Crippen LogP contribution in [0.1, 0.15) is 18.1 Å². The van der Waals surface area contributed by atoms with Crippen molar-refractivity contribution >= 4 is 40.2 Å². The van der Waals surface area contributed by atoms with Gasteiger partial charge in [0.05, 0.1) is 22.3 Å². The number of amides is 1. The van der Waals surface area contributed by atoms with Gasteiger partial charge < -0.3 is 5.32 Å². The molecule has 3 aromatic carbocycles. The minimum absolute atomic E-state index is 0.137. The van der Waals surface area contributed by atoms with Crippen molar-refractivity contribution in [3.8, 4) is 5.69 Å². The van der Waals surface area contributed by atoms with Crippen LogP contribution in [0.3, 0.4) is 0 Å². The van der Waals surface area contributed by atoms with E-state index in [1.165, 1.54) is 17.3 Å². The summed E-state index contributed by atoms with van der Waals surface area (Å²) in [6, 6.07) is 22.5. The molecule has 1 N–H and O–H groups in total. The molecule has 0 radical (unpaired) electrons. The van der Waals surface area contributed by atoms with Crippen LogP contribution in [0.4, 0.5) is 0 Å². The molecule has 0 aliphatic rings. The Balaban J connectivity index is 1.59. The van der Waals surface area contributed by atoms with E-state index in [0.717, 1.165) is 17.7 Å². The molecule has 0 spiro atoms. The number of rotatable bonds is 7. The maximum Gasteiger partial charge on any atom is 0.266 e. The molecular formula is C25H22ClN3O2S. The standard InChI is InChI=1S/C25H22ClN3O2S/c1-2-17-10-12-20(13-11-17)29-24(31)21-8-3-4-9-22(21)28-25(29)32-16-23(30)27-15-18-6-5-7-19(26)14-18/h3-14H,2,15-16H2,1H3,(H,27,30). The molecule has 0 aliphatic heterocycles. The van der Waals surface area contributed by atoms with E-state index in [-0.39, 0.29) is 17.2 Å². The van der Waals surface area contributed by atoms with E-state index in [9.17, 15) is 9.59 Å². The molecule has 32 heavy (non-hydrogen) atoms. The predicted molar refractivity (Wildman–Crippen MR) is 131 cm³/mol. The number of para-hydroxylation sites is 1. The Morgan fingerprint density at radius 2 is 1.81 bits per heavy atom. The molecule has 0 atom stereocenters. The lowest BCUT2D eigenvalue weighted by molar-refractivity contribution is -0.118. The van der Waals surface area contributed by atoms with Crippen LogP contribution in [0, 0.1) is 0 Å². The summed E-state index contributed by atoms with van der Waals surface area (Å²) >= 11 is 7.24. The van der Waals surface area contributed by atoms with Gasteiger partial charge in [-0.05, 0) is 53.9 Å². The van der Waals surface area contributed by atoms with Crippen LogP contribution in [-0.2, 0) is 17.8 Å². The zero-order valence-corrected chi connectivity index (χ0v) is 19.1. The summed E-state index contributed by atoms with van der Waals surface area (Å²) in [5.74, 6) is -0.0106. The van der Waals surface area contributed by atoms with Crippen LogP contribution in [0.2, 0.25) is 5.02 Å². The normalized spacial score (nSPS) is 10.9. The molecule has 4 rings (SSSR count). The number of aromatic nitrogens is 2. The van der Waals surface area contributed by atoms with Crippen molar-refractivity contribution in [1.82, 2.24) is 14.9 Å². The first-order chi connectivity index (χ1) is 15.5. The van der Waals surface area contributed by atoms with Gasteiger partial charge in [-0.2, -0.15) is 0 Å². The lowest BCUT2D eigenvalue weighted by Crippen LogP contribution is -2.26. The quantitative estimate of drug-likeness (QED) is 0.309. The van der Waals surface area contributed by atoms with E-state index in [0.29, 0.717) is 27.6 Å². The second-order valence-electron chi connectivity index (χ2n) is 7.27. The highest BCUT2D eigenvalue weighted by molar-refractivity contribution is 7.99. The van der Waals surface area contributed by atoms with Gasteiger partial charge in [-0.1, -0.05) is 66.7 Å². The van der Waals surface area contributed by atoms with E-state index in [1.807, 2.05) is 60.7 Å². The molecular weight excluding hydrogens is 442 g/mol. The Hall–Kier alpha value is -3.09. The summed E-state index contributed by atoms with van der Waals surface area (Å²) in [7, 11) is 0. The maximum atomic E-state index is 13.3. The van der Waals surface area contributed by atoms with E-state index >= 15 is 0 Å². The van der Waals surface area contributed by atoms with Gasteiger partial charge in [0.25, 0.3) is 5.56 Å². The Morgan fingerprint density at radius 3 is 2.56 bits per heavy atom. The molecule has 0 aliphatic carbocycles. The third kappa shape index (κ3) is 5.03. The summed E-state index contributed by atoms with van der Waals surface area (Å²) in [5.41, 5.74) is 3.30. The number of hydrogen-bond acceptors (Lipinski definition) is 4. The number of thioether (sulfide) groups is 1. The molecule has 5 nitrogen and oxygen atoms in total. The largest absolute Gasteiger partial charge is 0.351 e. The Bertz CT molecular complexity index is 1320. The Morgan fingerprint density at radius 1 is 1.03 bits per heavy atom. The Labute approximate surface area is 195 Å². The number of carbonyl (C=O) groups is 1. The highest BCUT2D eigenvalue weighted by atomic mass is 35.5. The third-order valence-corrected chi connectivity index (χ3v) is 6.23. The van der Waals surface area contributed by atoms with E-state index < -0.39 is 0 Å². The molecule has 162 valence electrons. The van der Waals surface area contributed by atoms with Crippen molar-refractivity contribution in [1.29, 1.82) is 0 Å². The molecule has 7 heteroatoms. The minimum atomic E-state index is -0.151. The second-order valence-corrected chi connectivity index (χ2v) is 8.65. The number of nitrogens with zero attached hydrogens (tertiary/aromatic N) is 2. The fourth-order valence-corrected chi connectivity index (χ4v) is 4.40. The first kappa shape index (κ1) is 22.1. The van der Waals surface area contributed by atoms with Crippen LogP contribution in [-0.4, -0.2) is 21.2 Å². The van der Waals surface area contributed by atoms with Gasteiger partial charge in [0.2, 0.25) is 5.91 Å². The van der Waals surface area contributed by atoms with E-state index in [4.69, 9.17) is 11.6 Å². The average molecular weight is 464 g/mol. The predicted octanol–water partition coefficient (Wildman–Crippen LogP) is 5.01. The summed E-state index contributed by atoms with van der Waals surface area (Å²) in [6.07, 6.45) is 0.916. The number of aryl methyl sites for hydroxylation is 1. The van der Waals surface area contributed by atoms with Gasteiger partial charge >= 0.3 is 0 Å². The van der Waals surface area contributed by atoms with E-state index in [2.05, 4.69) is 17.2 Å². The topological polar surface area (TPSA) is 64.0 Å². The highest BCUT2D eigenvalue weighted by Crippen LogP contribution is 2.22. The fourth-order valence-electron chi connectivity index (χ4n) is 3.35. The number of carbonyl (C=O) groups excluding carboxylic acids is 1. The number of halogens is 1. The van der Waals surface area contributed by atoms with Crippen LogP contribution in [0.15, 0.2) is 82.7 Å². The Kier molecular flexibility index (Phi) is 6.93. The third-order valence-electron chi connectivity index (χ3n) is 5.06. The summed E-state index contributed by atoms with van der Waals surface area (Å²) < 4.78 is 1.58. The van der Waals surface area contributed by atoms with Gasteiger partial charge in [0.1, 0.15) is 0 Å². The molecule has 4 aromatic rings. The van der Waals surface area contributed by atoms with Gasteiger partial charge in [0.15, 0.2) is 5.16 Å². The number of hydrogen-bond donors (Lipinski definition) is 1. The monoisotopic (exact) mass is 463 g/mol. The van der Waals surface area contributed by atoms with Crippen LogP contribution in [0.5, 0.6) is 0 Å². The van der Waals surface area contributed by atoms with Crippen molar-refractivity contribution in [2.75, 3.05) is 5.75 Å². The minimum Gasteiger partial charge on any atom is -0.351 e. The van der Waals surface area contributed by atoms with E-state index in [1.54, 1.807) is 16.7 Å². The smallest absolute Gasteiger partial charge is 0.266 e. The first-order valence-corrected chi connectivity index (χ1v) is 11.7. The summed E-state index contributed by atoms with van der Waals surface area (Å²) in [6.45, 7) is 2.47. The van der Waals surface area contributed by atoms with Crippen molar-refractivity contribution in [3.63, 3.8) is 0 Å². The highest BCUT2D eigenvalue weighted by Gasteiger charge is 2.15. The molecule has 1 aromatic heterocycles. The first-order valence-electron chi connectivity index (χ1n) is 10.3. The zero-order chi connectivity index (χ0) is 22.5. The fraction of sp³-hybridized carbons (Fsp3) is 0.160. The van der Waals surface area contributed by atoms with Crippen LogP contribution in [0.25, 0.3) is 16.6 Å². The number of nitrogens with one attached hydrogen (secondary N) is 1. The molecule has 0 unspecified atom stereocenters. The maximum absolute atomic E-state index is 13.3. The molecule has 1 amide bonds. The van der Waals surface area contributed by atoms with Crippen molar-refractivity contribution < 1.29 is 4.79 Å². The zero-order valence-electron chi connectivity index (χ0n) is 17.5. The van der Waals surface area contributed by atoms with Crippen LogP contribution < -0.4 is 10.9 Å². The average Bonchev–Trinajstić information content (AvgIpc) is 2.82. The molecule has 0 bridgehead atoms. The number of fused-ring (bicyclic) bond motifs is 1. The molecule has 1 heterocycles. The SMILES string of the molecule is CCc1ccc(-n2c(SCC(=O)NCc3cccc(Cl)c3)nc3ccccc3c2=O)cc1. The lowest BCUT2D eigenvalue weighted by atomic mass is 10.1. The van der Waals surface area contributed by atoms with Gasteiger partial charge in [-0.25, -0.2) is 4.98 Å². The lowest BCUT2D eigenvalue weighted by Gasteiger charge is -2.14. The molecule has 0 saturated heterocycles. The van der Waals surface area contributed by atoms with Crippen molar-refractivity contribution in [2.45, 2.75) is 25.0 Å². The molecule has 0 fully saturated rings. The molecule has 0 saturated carbocycles.